The largest absolute Gasteiger partial charge is 0.121 e. The lowest BCUT2D eigenvalue weighted by molar-refractivity contribution is 1.94. The maximum Gasteiger partial charge on any atom is 0.0717 e. The first-order valence-corrected chi connectivity index (χ1v) is 20.9. The normalized spacial score (nSPS) is 22.6. The lowest BCUT2D eigenvalue weighted by Gasteiger charge is -2.05. The van der Waals surface area contributed by atoms with Crippen molar-refractivity contribution in [1.29, 1.82) is 0 Å². The summed E-state index contributed by atoms with van der Waals surface area (Å²) < 4.78 is 13.0. The smallest absolute Gasteiger partial charge is 0.0717 e. The first kappa shape index (κ1) is 26.1. The van der Waals surface area contributed by atoms with Crippen molar-refractivity contribution in [2.75, 3.05) is 31.3 Å². The molecule has 0 radical (unpaired) electrons. The molecule has 0 spiro atoms. The van der Waals surface area contributed by atoms with Crippen molar-refractivity contribution in [1.82, 2.24) is 0 Å². The van der Waals surface area contributed by atoms with E-state index in [4.69, 9.17) is 0 Å². The van der Waals surface area contributed by atoms with E-state index in [1.807, 2.05) is 153 Å². The molecule has 0 unspecified atom stereocenters. The second-order valence-electron chi connectivity index (χ2n) is 5.25. The van der Waals surface area contributed by atoms with E-state index in [1.54, 1.807) is 0 Å². The predicted octanol–water partition coefficient (Wildman–Crippen LogP) is 11.2. The fraction of sp³-hybridized carbons (Fsp3) is 0.294. The summed E-state index contributed by atoms with van der Waals surface area (Å²) >= 11 is 25.0. The number of rotatable bonds is 6. The molecule has 4 rings (SSSR count). The third-order valence-corrected chi connectivity index (χ3v) is 21.5. The Kier molecular flexibility index (Phi) is 10.7. The standard InChI is InChI=1S/C17H16S13/c1-18-9-8(25-16(26-9)17-29-12(21-4)13(22-5)30-17)7-6-23-14(24-7)15-27-10(19-2)11(20-3)28-15/h6H,1-5H3. The molecule has 0 aromatic rings. The molecule has 0 aromatic heterocycles. The van der Waals surface area contributed by atoms with Gasteiger partial charge in [0.05, 0.1) is 38.1 Å². The van der Waals surface area contributed by atoms with Crippen LogP contribution >= 0.6 is 153 Å². The van der Waals surface area contributed by atoms with Gasteiger partial charge in [-0.3, -0.25) is 0 Å². The van der Waals surface area contributed by atoms with E-state index in [2.05, 4.69) is 36.7 Å². The van der Waals surface area contributed by atoms with Crippen molar-refractivity contribution in [2.24, 2.45) is 0 Å². The van der Waals surface area contributed by atoms with E-state index in [0.29, 0.717) is 0 Å². The summed E-state index contributed by atoms with van der Waals surface area (Å²) in [6.07, 6.45) is 10.9. The van der Waals surface area contributed by atoms with Crippen molar-refractivity contribution in [2.45, 2.75) is 0 Å². The van der Waals surface area contributed by atoms with Gasteiger partial charge < -0.3 is 0 Å². The minimum atomic E-state index is 1.42. The Morgan fingerprint density at radius 1 is 0.467 bits per heavy atom. The quantitative estimate of drug-likeness (QED) is 0.271. The minimum absolute atomic E-state index is 1.42. The maximum absolute atomic E-state index is 2.37. The molecule has 13 heteroatoms. The molecule has 4 heterocycles. The highest BCUT2D eigenvalue weighted by Crippen LogP contribution is 2.68. The van der Waals surface area contributed by atoms with Crippen molar-refractivity contribution >= 4 is 153 Å². The van der Waals surface area contributed by atoms with E-state index in [9.17, 15) is 0 Å². The molecular formula is C17H16S13. The van der Waals surface area contributed by atoms with Gasteiger partial charge in [0.25, 0.3) is 0 Å². The molecule has 0 aliphatic carbocycles. The lowest BCUT2D eigenvalue weighted by Crippen LogP contribution is -1.76. The SMILES string of the molecule is CSC1=C(SC)SC(=C2SC=C(C3=C(SC)SC(=C4SC(SC)=C(SC)S4)S3)S2)S1. The average Bonchev–Trinajstić information content (AvgIpc) is 3.55. The van der Waals surface area contributed by atoms with Crippen molar-refractivity contribution in [3.63, 3.8) is 0 Å². The molecule has 162 valence electrons. The van der Waals surface area contributed by atoms with Crippen LogP contribution < -0.4 is 0 Å². The van der Waals surface area contributed by atoms with Crippen LogP contribution in [0.2, 0.25) is 0 Å². The lowest BCUT2D eigenvalue weighted by atomic mass is 10.6. The third-order valence-electron chi connectivity index (χ3n) is 3.60. The van der Waals surface area contributed by atoms with Gasteiger partial charge in [-0.05, 0) is 36.7 Å². The summed E-state index contributed by atoms with van der Waals surface area (Å²) in [6.45, 7) is 0. The summed E-state index contributed by atoms with van der Waals surface area (Å²) in [5.41, 5.74) is 0. The van der Waals surface area contributed by atoms with Crippen molar-refractivity contribution in [3.05, 3.63) is 53.4 Å². The highest BCUT2D eigenvalue weighted by atomic mass is 32.3. The number of thioether (sulfide) groups is 13. The van der Waals surface area contributed by atoms with Gasteiger partial charge in [-0.2, -0.15) is 0 Å². The van der Waals surface area contributed by atoms with Crippen molar-refractivity contribution < 1.29 is 0 Å². The summed E-state index contributed by atoms with van der Waals surface area (Å²) in [5, 5.41) is 2.37. The molecule has 0 amide bonds. The van der Waals surface area contributed by atoms with E-state index >= 15 is 0 Å². The Hall–Kier alpha value is 2.99. The summed E-state index contributed by atoms with van der Waals surface area (Å²) in [7, 11) is 0. The Bertz CT molecular complexity index is 897. The van der Waals surface area contributed by atoms with Crippen LogP contribution in [0.4, 0.5) is 0 Å². The topological polar surface area (TPSA) is 0 Å². The summed E-state index contributed by atoms with van der Waals surface area (Å²) in [4.78, 5) is 2.87. The number of hydrogen-bond donors (Lipinski definition) is 0. The molecule has 4 aliphatic heterocycles. The maximum atomic E-state index is 2.37. The molecule has 0 saturated carbocycles. The van der Waals surface area contributed by atoms with E-state index < -0.39 is 0 Å². The van der Waals surface area contributed by atoms with Crippen LogP contribution in [-0.2, 0) is 0 Å². The van der Waals surface area contributed by atoms with Crippen LogP contribution in [0, 0.1) is 0 Å². The number of hydrogen-bond acceptors (Lipinski definition) is 13. The van der Waals surface area contributed by atoms with Crippen LogP contribution in [-0.4, -0.2) is 31.3 Å². The minimum Gasteiger partial charge on any atom is -0.121 e. The third kappa shape index (κ3) is 5.69. The van der Waals surface area contributed by atoms with E-state index in [0.717, 1.165) is 0 Å². The van der Waals surface area contributed by atoms with Gasteiger partial charge in [-0.1, -0.05) is 94.1 Å². The predicted molar refractivity (Wildman–Crippen MR) is 172 cm³/mol. The van der Waals surface area contributed by atoms with E-state index in [-0.39, 0.29) is 0 Å². The van der Waals surface area contributed by atoms with Gasteiger partial charge in [-0.25, -0.2) is 0 Å². The van der Waals surface area contributed by atoms with Gasteiger partial charge >= 0.3 is 0 Å². The highest BCUT2D eigenvalue weighted by molar-refractivity contribution is 8.44. The van der Waals surface area contributed by atoms with Crippen LogP contribution in [0.1, 0.15) is 0 Å². The Labute approximate surface area is 234 Å². The monoisotopic (exact) mass is 636 g/mol. The van der Waals surface area contributed by atoms with Gasteiger partial charge in [0.2, 0.25) is 0 Å². The molecule has 0 saturated heterocycles. The average molecular weight is 637 g/mol. The molecule has 0 nitrogen and oxygen atoms in total. The molecule has 0 aromatic carbocycles. The van der Waals surface area contributed by atoms with Crippen LogP contribution in [0.25, 0.3) is 0 Å². The molecular weight excluding hydrogens is 621 g/mol. The molecule has 30 heavy (non-hydrogen) atoms. The first-order valence-electron chi connectivity index (χ1n) is 8.15. The van der Waals surface area contributed by atoms with Crippen LogP contribution in [0.5, 0.6) is 0 Å². The first-order chi connectivity index (χ1) is 14.6. The van der Waals surface area contributed by atoms with Crippen LogP contribution in [0.15, 0.2) is 53.4 Å². The van der Waals surface area contributed by atoms with Gasteiger partial charge in [-0.15, -0.1) is 58.8 Å². The molecule has 0 fully saturated rings. The molecule has 4 aliphatic rings. The zero-order valence-electron chi connectivity index (χ0n) is 16.4. The van der Waals surface area contributed by atoms with E-state index in [1.165, 1.54) is 47.9 Å². The second-order valence-corrected chi connectivity index (χ2v) is 19.7. The van der Waals surface area contributed by atoms with Gasteiger partial charge in [0, 0.05) is 9.81 Å². The molecule has 0 N–H and O–H groups in total. The fourth-order valence-corrected chi connectivity index (χ4v) is 19.3. The fourth-order valence-electron chi connectivity index (χ4n) is 2.31. The Balaban J connectivity index is 1.49. The van der Waals surface area contributed by atoms with Crippen LogP contribution in [0.3, 0.4) is 0 Å². The van der Waals surface area contributed by atoms with Gasteiger partial charge in [0.1, 0.15) is 0 Å². The Morgan fingerprint density at radius 3 is 1.33 bits per heavy atom. The summed E-state index contributed by atoms with van der Waals surface area (Å²) in [6, 6.07) is 0. The second kappa shape index (κ2) is 12.3. The molecule has 0 atom stereocenters. The van der Waals surface area contributed by atoms with Gasteiger partial charge in [0.15, 0.2) is 0 Å². The Morgan fingerprint density at radius 2 is 0.867 bits per heavy atom. The zero-order valence-corrected chi connectivity index (χ0v) is 27.0. The molecule has 0 bridgehead atoms. The van der Waals surface area contributed by atoms with Crippen molar-refractivity contribution in [3.8, 4) is 0 Å². The summed E-state index contributed by atoms with van der Waals surface area (Å²) in [5.74, 6) is 0. The highest BCUT2D eigenvalue weighted by Gasteiger charge is 2.33. The zero-order chi connectivity index (χ0) is 21.3.